The Kier molecular flexibility index (Phi) is 9.82. The Morgan fingerprint density at radius 2 is 0.725 bits per heavy atom. The predicted molar refractivity (Wildman–Crippen MR) is 218 cm³/mol. The zero-order valence-electron chi connectivity index (χ0n) is 29.9. The van der Waals surface area contributed by atoms with E-state index in [2.05, 4.69) is 172 Å². The molecule has 2 unspecified atom stereocenters. The van der Waals surface area contributed by atoms with Crippen molar-refractivity contribution in [3.63, 3.8) is 0 Å². The molecule has 2 atom stereocenters. The molecular weight excluding hydrogens is 629 g/mol. The summed E-state index contributed by atoms with van der Waals surface area (Å²) in [7, 11) is 0.905. The van der Waals surface area contributed by atoms with Gasteiger partial charge in [-0.15, -0.1) is 0 Å². The number of hydrogen-bond acceptors (Lipinski definition) is 0. The van der Waals surface area contributed by atoms with E-state index in [4.69, 9.17) is 0 Å². The van der Waals surface area contributed by atoms with Crippen LogP contribution in [0.15, 0.2) is 157 Å². The van der Waals surface area contributed by atoms with E-state index in [1.54, 1.807) is 0 Å². The summed E-state index contributed by atoms with van der Waals surface area (Å²) >= 11 is 0. The van der Waals surface area contributed by atoms with Gasteiger partial charge in [0.15, 0.2) is 0 Å². The molecule has 1 heteroatoms. The van der Waals surface area contributed by atoms with Crippen LogP contribution in [0.25, 0.3) is 12.2 Å². The topological polar surface area (TPSA) is 0 Å². The molecular formula is C50H46Si. The fraction of sp³-hybridized carbons (Fsp3) is 0.200. The van der Waals surface area contributed by atoms with Crippen molar-refractivity contribution in [3.8, 4) is 0 Å². The van der Waals surface area contributed by atoms with Gasteiger partial charge in [0.25, 0.3) is 0 Å². The maximum atomic E-state index is 2.53. The number of rotatable bonds is 12. The minimum atomic E-state index is 0.505. The van der Waals surface area contributed by atoms with Crippen LogP contribution in [0.3, 0.4) is 0 Å². The second-order valence-corrected chi connectivity index (χ2v) is 15.9. The molecule has 0 saturated heterocycles. The van der Waals surface area contributed by atoms with Crippen molar-refractivity contribution in [2.45, 2.75) is 63.5 Å². The van der Waals surface area contributed by atoms with Gasteiger partial charge in [0.1, 0.15) is 0 Å². The molecule has 8 rings (SSSR count). The fourth-order valence-electron chi connectivity index (χ4n) is 8.45. The third kappa shape index (κ3) is 7.27. The molecule has 6 aromatic rings. The number of allylic oxidation sites excluding steroid dienone is 2. The molecule has 0 heterocycles. The molecule has 0 N–H and O–H groups in total. The van der Waals surface area contributed by atoms with Gasteiger partial charge >= 0.3 is 0 Å². The van der Waals surface area contributed by atoms with Gasteiger partial charge in [0.05, 0.1) is 0 Å². The largest absolute Gasteiger partial charge is 0.0655 e. The number of benzene rings is 6. The molecule has 2 aliphatic rings. The summed E-state index contributed by atoms with van der Waals surface area (Å²) in [4.78, 5) is 0. The smallest absolute Gasteiger partial charge is 0.0397 e. The van der Waals surface area contributed by atoms with Gasteiger partial charge in [0, 0.05) is 21.4 Å². The van der Waals surface area contributed by atoms with E-state index in [0.717, 1.165) is 35.2 Å². The molecule has 2 aliphatic carbocycles. The number of hydrogen-bond donors (Lipinski definition) is 0. The molecule has 6 aromatic carbocycles. The van der Waals surface area contributed by atoms with Crippen LogP contribution in [0.1, 0.15) is 92.4 Å². The van der Waals surface area contributed by atoms with E-state index in [1.165, 1.54) is 90.0 Å². The lowest BCUT2D eigenvalue weighted by atomic mass is 9.88. The monoisotopic (exact) mass is 674 g/mol. The quantitative estimate of drug-likeness (QED) is 0.113. The Bertz CT molecular complexity index is 2020. The average molecular weight is 675 g/mol. The van der Waals surface area contributed by atoms with E-state index < -0.39 is 0 Å². The molecule has 51 heavy (non-hydrogen) atoms. The molecule has 0 nitrogen and oxygen atoms in total. The second kappa shape index (κ2) is 15.1. The summed E-state index contributed by atoms with van der Waals surface area (Å²) in [6.07, 6.45) is 8.95. The van der Waals surface area contributed by atoms with E-state index in [1.807, 2.05) is 0 Å². The molecule has 0 bridgehead atoms. The molecule has 0 spiro atoms. The van der Waals surface area contributed by atoms with Gasteiger partial charge in [-0.25, -0.2) is 0 Å². The first-order chi connectivity index (χ1) is 25.1. The van der Waals surface area contributed by atoms with E-state index in [-0.39, 0.29) is 0 Å². The molecule has 0 aromatic heterocycles. The summed E-state index contributed by atoms with van der Waals surface area (Å²) in [6.45, 7) is 4.75. The van der Waals surface area contributed by atoms with Crippen molar-refractivity contribution >= 4 is 21.7 Å². The molecule has 0 saturated carbocycles. The van der Waals surface area contributed by atoms with E-state index in [0.29, 0.717) is 11.8 Å². The summed E-state index contributed by atoms with van der Waals surface area (Å²) in [5.41, 5.74) is 20.6. The fourth-order valence-corrected chi connectivity index (χ4v) is 10.3. The first-order valence-electron chi connectivity index (χ1n) is 18.6. The van der Waals surface area contributed by atoms with Gasteiger partial charge in [-0.3, -0.25) is 0 Å². The highest BCUT2D eigenvalue weighted by Gasteiger charge is 2.29. The van der Waals surface area contributed by atoms with Crippen LogP contribution in [0.5, 0.6) is 0 Å². The number of fused-ring (bicyclic) bond motifs is 2. The van der Waals surface area contributed by atoms with E-state index >= 15 is 0 Å². The van der Waals surface area contributed by atoms with Crippen LogP contribution in [0.4, 0.5) is 0 Å². The van der Waals surface area contributed by atoms with Crippen molar-refractivity contribution in [2.75, 3.05) is 0 Å². The van der Waals surface area contributed by atoms with Gasteiger partial charge in [0.2, 0.25) is 0 Å². The van der Waals surface area contributed by atoms with Crippen molar-refractivity contribution in [1.82, 2.24) is 0 Å². The van der Waals surface area contributed by atoms with E-state index in [9.17, 15) is 0 Å². The zero-order chi connectivity index (χ0) is 34.6. The Morgan fingerprint density at radius 1 is 0.392 bits per heavy atom. The predicted octanol–water partition coefficient (Wildman–Crippen LogP) is 12.3. The van der Waals surface area contributed by atoms with Crippen LogP contribution >= 0.6 is 0 Å². The molecule has 0 fully saturated rings. The van der Waals surface area contributed by atoms with Crippen LogP contribution in [0, 0.1) is 0 Å². The van der Waals surface area contributed by atoms with Crippen molar-refractivity contribution in [1.29, 1.82) is 0 Å². The molecule has 2 radical (unpaired) electrons. The minimum absolute atomic E-state index is 0.505. The normalized spacial score (nSPS) is 16.0. The Hall–Kier alpha value is -4.98. The first kappa shape index (κ1) is 33.2. The van der Waals surface area contributed by atoms with Gasteiger partial charge < -0.3 is 0 Å². The summed E-state index contributed by atoms with van der Waals surface area (Å²) in [5.74, 6) is 1.01. The standard InChI is InChI=1S/C50H46Si/c1-35-27-47-43(25-23-41(29-37-15-7-3-8-16-37)45(47)31-39-19-11-5-12-20-39)49(35)33-51-34-50-36(2)28-48-44(50)26-24-42(30-38-17-9-4-10-18-38)46(48)32-40-21-13-6-14-22-40/h3-28,49-50H,29-34H2,1-2H3. The van der Waals surface area contributed by atoms with Crippen LogP contribution in [0.2, 0.25) is 12.1 Å². The Labute approximate surface area is 307 Å². The van der Waals surface area contributed by atoms with Gasteiger partial charge in [-0.05, 0) is 106 Å². The zero-order valence-corrected chi connectivity index (χ0v) is 30.9. The Balaban J connectivity index is 1.04. The van der Waals surface area contributed by atoms with Crippen molar-refractivity contribution in [3.05, 3.63) is 224 Å². The molecule has 0 amide bonds. The average Bonchev–Trinajstić information content (AvgIpc) is 3.66. The SMILES string of the molecule is CC1=Cc2c(ccc(Cc3ccccc3)c2Cc2ccccc2)C1C[Si]CC1C(C)=Cc2c1ccc(Cc1ccccc1)c2Cc1ccccc1. The van der Waals surface area contributed by atoms with Crippen LogP contribution in [-0.4, -0.2) is 9.52 Å². The van der Waals surface area contributed by atoms with Gasteiger partial charge in [-0.2, -0.15) is 0 Å². The molecule has 250 valence electrons. The minimum Gasteiger partial charge on any atom is -0.0655 e. The maximum Gasteiger partial charge on any atom is 0.0397 e. The van der Waals surface area contributed by atoms with Crippen LogP contribution in [-0.2, 0) is 25.7 Å². The highest BCUT2D eigenvalue weighted by atomic mass is 28.2. The highest BCUT2D eigenvalue weighted by Crippen LogP contribution is 2.45. The third-order valence-electron chi connectivity index (χ3n) is 11.2. The highest BCUT2D eigenvalue weighted by molar-refractivity contribution is 6.36. The molecule has 0 aliphatic heterocycles. The van der Waals surface area contributed by atoms with Crippen LogP contribution < -0.4 is 0 Å². The third-order valence-corrected chi connectivity index (χ3v) is 12.6. The summed E-state index contributed by atoms with van der Waals surface area (Å²) in [6, 6.07) is 56.2. The van der Waals surface area contributed by atoms with Gasteiger partial charge in [-0.1, -0.05) is 181 Å². The Morgan fingerprint density at radius 3 is 1.08 bits per heavy atom. The maximum absolute atomic E-state index is 2.53. The summed E-state index contributed by atoms with van der Waals surface area (Å²) in [5, 5.41) is 0. The van der Waals surface area contributed by atoms with Crippen molar-refractivity contribution in [2.24, 2.45) is 0 Å². The van der Waals surface area contributed by atoms with Crippen molar-refractivity contribution < 1.29 is 0 Å². The second-order valence-electron chi connectivity index (χ2n) is 14.6. The lowest BCUT2D eigenvalue weighted by Crippen LogP contribution is -2.08. The lowest BCUT2D eigenvalue weighted by molar-refractivity contribution is 0.871. The first-order valence-corrected chi connectivity index (χ1v) is 20.0. The summed E-state index contributed by atoms with van der Waals surface area (Å²) < 4.78 is 0. The lowest BCUT2D eigenvalue weighted by Gasteiger charge is -2.21.